The molecule has 4 heteroatoms. The molecule has 3 heterocycles. The van der Waals surface area contributed by atoms with Crippen molar-refractivity contribution in [1.82, 2.24) is 9.38 Å². The van der Waals surface area contributed by atoms with E-state index in [-0.39, 0.29) is 0 Å². The van der Waals surface area contributed by atoms with Crippen molar-refractivity contribution in [3.63, 3.8) is 0 Å². The highest BCUT2D eigenvalue weighted by Crippen LogP contribution is 2.29. The number of fused-ring (bicyclic) bond motifs is 1. The Labute approximate surface area is 99.1 Å². The van der Waals surface area contributed by atoms with Crippen molar-refractivity contribution in [3.05, 3.63) is 30.2 Å². The summed E-state index contributed by atoms with van der Waals surface area (Å²) >= 11 is 2.07. The standard InChI is InChI=1S/C12H15N3S/c13-11-4-1-5-15-8-9(14-12(11)15)7-10-3-2-6-16-10/h1,4-5,8,10H,2-3,6-7,13H2. The first-order valence-electron chi connectivity index (χ1n) is 5.66. The van der Waals surface area contributed by atoms with Crippen LogP contribution in [-0.4, -0.2) is 20.4 Å². The number of nitrogens with zero attached hydrogens (tertiary/aromatic N) is 2. The van der Waals surface area contributed by atoms with Crippen molar-refractivity contribution in [2.24, 2.45) is 0 Å². The Bertz CT molecular complexity index is 500. The fraction of sp³-hybridized carbons (Fsp3) is 0.417. The molecule has 0 spiro atoms. The third-order valence-corrected chi connectivity index (χ3v) is 4.42. The predicted octanol–water partition coefficient (Wildman–Crippen LogP) is 2.35. The molecule has 2 aromatic rings. The van der Waals surface area contributed by atoms with Gasteiger partial charge in [-0.1, -0.05) is 0 Å². The van der Waals surface area contributed by atoms with Crippen LogP contribution >= 0.6 is 11.8 Å². The van der Waals surface area contributed by atoms with Gasteiger partial charge in [-0.3, -0.25) is 0 Å². The van der Waals surface area contributed by atoms with E-state index < -0.39 is 0 Å². The van der Waals surface area contributed by atoms with Crippen molar-refractivity contribution in [2.45, 2.75) is 24.5 Å². The Balaban J connectivity index is 1.90. The molecule has 1 aliphatic heterocycles. The number of hydrogen-bond donors (Lipinski definition) is 1. The van der Waals surface area contributed by atoms with Gasteiger partial charge in [-0.05, 0) is 30.7 Å². The van der Waals surface area contributed by atoms with Gasteiger partial charge in [0.2, 0.25) is 0 Å². The molecule has 0 bridgehead atoms. The quantitative estimate of drug-likeness (QED) is 0.866. The maximum absolute atomic E-state index is 5.89. The number of aromatic nitrogens is 2. The molecule has 1 aliphatic rings. The van der Waals surface area contributed by atoms with Gasteiger partial charge in [0.15, 0.2) is 5.65 Å². The van der Waals surface area contributed by atoms with E-state index in [1.165, 1.54) is 18.6 Å². The lowest BCUT2D eigenvalue weighted by atomic mass is 10.2. The number of pyridine rings is 1. The summed E-state index contributed by atoms with van der Waals surface area (Å²) in [6.45, 7) is 0. The molecule has 0 saturated carbocycles. The van der Waals surface area contributed by atoms with Crippen molar-refractivity contribution in [2.75, 3.05) is 11.5 Å². The normalized spacial score (nSPS) is 20.6. The zero-order valence-corrected chi connectivity index (χ0v) is 9.91. The molecule has 2 N–H and O–H groups in total. The predicted molar refractivity (Wildman–Crippen MR) is 68.8 cm³/mol. The molecule has 1 saturated heterocycles. The number of anilines is 1. The molecule has 1 unspecified atom stereocenters. The van der Waals surface area contributed by atoms with Crippen LogP contribution in [0.4, 0.5) is 5.69 Å². The minimum atomic E-state index is 0.756. The van der Waals surface area contributed by atoms with Crippen LogP contribution in [0, 0.1) is 0 Å². The van der Waals surface area contributed by atoms with Crippen LogP contribution < -0.4 is 5.73 Å². The molecule has 3 rings (SSSR count). The molecule has 1 atom stereocenters. The van der Waals surface area contributed by atoms with E-state index in [1.807, 2.05) is 22.7 Å². The van der Waals surface area contributed by atoms with Gasteiger partial charge in [0, 0.05) is 24.1 Å². The number of nitrogens with two attached hydrogens (primary N) is 1. The van der Waals surface area contributed by atoms with Crippen LogP contribution in [0.25, 0.3) is 5.65 Å². The molecule has 2 aromatic heterocycles. The second kappa shape index (κ2) is 4.01. The molecule has 0 amide bonds. The van der Waals surface area contributed by atoms with Gasteiger partial charge in [0.1, 0.15) is 0 Å². The summed E-state index contributed by atoms with van der Waals surface area (Å²) in [7, 11) is 0. The number of thioether (sulfide) groups is 1. The van der Waals surface area contributed by atoms with E-state index in [0.717, 1.165) is 28.7 Å². The number of rotatable bonds is 2. The van der Waals surface area contributed by atoms with Gasteiger partial charge in [-0.15, -0.1) is 0 Å². The van der Waals surface area contributed by atoms with Gasteiger partial charge in [0.05, 0.1) is 11.4 Å². The van der Waals surface area contributed by atoms with Crippen LogP contribution in [-0.2, 0) is 6.42 Å². The highest BCUT2D eigenvalue weighted by Gasteiger charge is 2.17. The first-order chi connectivity index (χ1) is 7.83. The van der Waals surface area contributed by atoms with E-state index >= 15 is 0 Å². The molecular formula is C12H15N3S. The molecule has 3 nitrogen and oxygen atoms in total. The van der Waals surface area contributed by atoms with E-state index in [4.69, 9.17) is 5.73 Å². The maximum atomic E-state index is 5.89. The average molecular weight is 233 g/mol. The second-order valence-electron chi connectivity index (χ2n) is 4.27. The first kappa shape index (κ1) is 10.0. The van der Waals surface area contributed by atoms with Crippen molar-refractivity contribution in [1.29, 1.82) is 0 Å². The number of hydrogen-bond acceptors (Lipinski definition) is 3. The number of nitrogen functional groups attached to an aromatic ring is 1. The summed E-state index contributed by atoms with van der Waals surface area (Å²) in [5.74, 6) is 1.31. The van der Waals surface area contributed by atoms with E-state index in [0.29, 0.717) is 0 Å². The molecule has 84 valence electrons. The van der Waals surface area contributed by atoms with Crippen molar-refractivity contribution >= 4 is 23.1 Å². The molecule has 16 heavy (non-hydrogen) atoms. The summed E-state index contributed by atoms with van der Waals surface area (Å²) < 4.78 is 2.02. The lowest BCUT2D eigenvalue weighted by Crippen LogP contribution is -2.01. The summed E-state index contributed by atoms with van der Waals surface area (Å²) in [6, 6.07) is 3.86. The molecular weight excluding hydrogens is 218 g/mol. The van der Waals surface area contributed by atoms with Gasteiger partial charge in [0.25, 0.3) is 0 Å². The average Bonchev–Trinajstić information content (AvgIpc) is 2.88. The van der Waals surface area contributed by atoms with Gasteiger partial charge in [-0.25, -0.2) is 4.98 Å². The first-order valence-corrected chi connectivity index (χ1v) is 6.71. The lowest BCUT2D eigenvalue weighted by molar-refractivity contribution is 0.767. The van der Waals surface area contributed by atoms with Crippen molar-refractivity contribution < 1.29 is 0 Å². The van der Waals surface area contributed by atoms with Gasteiger partial charge in [-0.2, -0.15) is 11.8 Å². The Morgan fingerprint density at radius 1 is 1.56 bits per heavy atom. The fourth-order valence-corrected chi connectivity index (χ4v) is 3.51. The van der Waals surface area contributed by atoms with Gasteiger partial charge < -0.3 is 10.1 Å². The summed E-state index contributed by atoms with van der Waals surface area (Å²) in [5.41, 5.74) is 8.70. The topological polar surface area (TPSA) is 43.3 Å². The van der Waals surface area contributed by atoms with Crippen LogP contribution in [0.2, 0.25) is 0 Å². The highest BCUT2D eigenvalue weighted by atomic mass is 32.2. The van der Waals surface area contributed by atoms with E-state index in [9.17, 15) is 0 Å². The Hall–Kier alpha value is -1.16. The maximum Gasteiger partial charge on any atom is 0.160 e. The van der Waals surface area contributed by atoms with E-state index in [2.05, 4.69) is 22.9 Å². The summed E-state index contributed by atoms with van der Waals surface area (Å²) in [4.78, 5) is 4.60. The molecule has 0 aliphatic carbocycles. The SMILES string of the molecule is Nc1cccn2cc(CC3CCCS3)nc12. The van der Waals surface area contributed by atoms with Crippen molar-refractivity contribution in [3.8, 4) is 0 Å². The fourth-order valence-electron chi connectivity index (χ4n) is 2.22. The van der Waals surface area contributed by atoms with Crippen LogP contribution in [0.15, 0.2) is 24.5 Å². The monoisotopic (exact) mass is 233 g/mol. The zero-order valence-electron chi connectivity index (χ0n) is 9.10. The third kappa shape index (κ3) is 1.78. The van der Waals surface area contributed by atoms with Gasteiger partial charge >= 0.3 is 0 Å². The Kier molecular flexibility index (Phi) is 2.52. The minimum absolute atomic E-state index is 0.756. The Morgan fingerprint density at radius 3 is 3.25 bits per heavy atom. The van der Waals surface area contributed by atoms with Crippen LogP contribution in [0.3, 0.4) is 0 Å². The third-order valence-electron chi connectivity index (χ3n) is 3.02. The zero-order chi connectivity index (χ0) is 11.0. The Morgan fingerprint density at radius 2 is 2.50 bits per heavy atom. The smallest absolute Gasteiger partial charge is 0.160 e. The minimum Gasteiger partial charge on any atom is -0.396 e. The summed E-state index contributed by atoms with van der Waals surface area (Å²) in [6.07, 6.45) is 7.86. The number of imidazole rings is 1. The molecule has 0 aromatic carbocycles. The van der Waals surface area contributed by atoms with Crippen LogP contribution in [0.5, 0.6) is 0 Å². The lowest BCUT2D eigenvalue weighted by Gasteiger charge is -2.03. The largest absolute Gasteiger partial charge is 0.396 e. The highest BCUT2D eigenvalue weighted by molar-refractivity contribution is 8.00. The van der Waals surface area contributed by atoms with E-state index in [1.54, 1.807) is 0 Å². The summed E-state index contributed by atoms with van der Waals surface area (Å²) in [5, 5.41) is 0.756. The van der Waals surface area contributed by atoms with Crippen LogP contribution in [0.1, 0.15) is 18.5 Å². The molecule has 0 radical (unpaired) electrons. The molecule has 1 fully saturated rings. The second-order valence-corrected chi connectivity index (χ2v) is 5.67.